The highest BCUT2D eigenvalue weighted by atomic mass is 19.1. The van der Waals surface area contributed by atoms with Gasteiger partial charge < -0.3 is 9.47 Å². The van der Waals surface area contributed by atoms with E-state index in [1.807, 2.05) is 0 Å². The molecule has 0 spiro atoms. The van der Waals surface area contributed by atoms with E-state index in [4.69, 9.17) is 9.47 Å². The Morgan fingerprint density at radius 2 is 1.59 bits per heavy atom. The summed E-state index contributed by atoms with van der Waals surface area (Å²) in [5.41, 5.74) is 1.33. The SMILES string of the molecule is Fc1ccc(-c2nc(OCCCN3CCOCC3)nn2-c2ccc(F)cc2)cc1. The van der Waals surface area contributed by atoms with Crippen LogP contribution in [0, 0.1) is 11.6 Å². The average molecular weight is 400 g/mol. The second kappa shape index (κ2) is 9.11. The Balaban J connectivity index is 1.49. The van der Waals surface area contributed by atoms with Crippen LogP contribution in [0.3, 0.4) is 0 Å². The van der Waals surface area contributed by atoms with E-state index in [9.17, 15) is 8.78 Å². The molecule has 0 unspecified atom stereocenters. The molecule has 2 heterocycles. The number of nitrogens with zero attached hydrogens (tertiary/aromatic N) is 4. The Hall–Kier alpha value is -2.84. The molecule has 1 aliphatic heterocycles. The van der Waals surface area contributed by atoms with Gasteiger partial charge in [0.15, 0.2) is 5.82 Å². The lowest BCUT2D eigenvalue weighted by Gasteiger charge is -2.26. The molecule has 1 saturated heterocycles. The number of ether oxygens (including phenoxy) is 2. The number of hydrogen-bond acceptors (Lipinski definition) is 5. The normalized spacial score (nSPS) is 14.8. The highest BCUT2D eigenvalue weighted by Gasteiger charge is 2.15. The van der Waals surface area contributed by atoms with Gasteiger partial charge >= 0.3 is 6.01 Å². The maximum Gasteiger partial charge on any atom is 0.336 e. The molecule has 0 aliphatic carbocycles. The highest BCUT2D eigenvalue weighted by molar-refractivity contribution is 5.58. The molecule has 29 heavy (non-hydrogen) atoms. The van der Waals surface area contributed by atoms with Crippen molar-refractivity contribution in [3.05, 3.63) is 60.2 Å². The van der Waals surface area contributed by atoms with E-state index in [0.29, 0.717) is 23.7 Å². The van der Waals surface area contributed by atoms with Gasteiger partial charge in [0, 0.05) is 25.2 Å². The van der Waals surface area contributed by atoms with Crippen LogP contribution in [-0.2, 0) is 4.74 Å². The number of morpholine rings is 1. The van der Waals surface area contributed by atoms with E-state index in [0.717, 1.165) is 39.3 Å². The molecule has 2 aromatic carbocycles. The summed E-state index contributed by atoms with van der Waals surface area (Å²) < 4.78 is 39.3. The third-order valence-corrected chi connectivity index (χ3v) is 4.71. The summed E-state index contributed by atoms with van der Waals surface area (Å²) in [6.07, 6.45) is 0.844. The fourth-order valence-electron chi connectivity index (χ4n) is 3.18. The lowest BCUT2D eigenvalue weighted by Crippen LogP contribution is -2.37. The minimum atomic E-state index is -0.336. The van der Waals surface area contributed by atoms with Gasteiger partial charge in [0.05, 0.1) is 25.5 Å². The molecular weight excluding hydrogens is 378 g/mol. The first-order valence-electron chi connectivity index (χ1n) is 9.61. The summed E-state index contributed by atoms with van der Waals surface area (Å²) >= 11 is 0. The van der Waals surface area contributed by atoms with Gasteiger partial charge in [-0.15, -0.1) is 5.10 Å². The smallest absolute Gasteiger partial charge is 0.336 e. The fraction of sp³-hybridized carbons (Fsp3) is 0.333. The lowest BCUT2D eigenvalue weighted by atomic mass is 10.2. The van der Waals surface area contributed by atoms with Crippen LogP contribution in [0.15, 0.2) is 48.5 Å². The first-order chi connectivity index (χ1) is 14.2. The molecule has 0 N–H and O–H groups in total. The van der Waals surface area contributed by atoms with Crippen molar-refractivity contribution in [1.29, 1.82) is 0 Å². The van der Waals surface area contributed by atoms with E-state index in [-0.39, 0.29) is 17.6 Å². The molecule has 0 amide bonds. The Morgan fingerprint density at radius 3 is 2.28 bits per heavy atom. The molecule has 1 aliphatic rings. The maximum atomic E-state index is 13.3. The second-order valence-electron chi connectivity index (χ2n) is 6.77. The van der Waals surface area contributed by atoms with Crippen molar-refractivity contribution in [2.45, 2.75) is 6.42 Å². The molecule has 1 fully saturated rings. The van der Waals surface area contributed by atoms with Crippen molar-refractivity contribution in [3.63, 3.8) is 0 Å². The van der Waals surface area contributed by atoms with Crippen molar-refractivity contribution < 1.29 is 18.3 Å². The molecule has 0 atom stereocenters. The third kappa shape index (κ3) is 4.96. The van der Waals surface area contributed by atoms with E-state index < -0.39 is 0 Å². The molecule has 4 rings (SSSR count). The van der Waals surface area contributed by atoms with Crippen LogP contribution in [0.25, 0.3) is 17.1 Å². The Labute approximate surface area is 167 Å². The van der Waals surface area contributed by atoms with Crippen LogP contribution >= 0.6 is 0 Å². The first kappa shape index (κ1) is 19.5. The Morgan fingerprint density at radius 1 is 0.931 bits per heavy atom. The predicted octanol–water partition coefficient (Wildman–Crippen LogP) is 3.31. The van der Waals surface area contributed by atoms with Gasteiger partial charge in [-0.25, -0.2) is 13.5 Å². The minimum absolute atomic E-state index is 0.232. The lowest BCUT2D eigenvalue weighted by molar-refractivity contribution is 0.0356. The van der Waals surface area contributed by atoms with Crippen LogP contribution in [0.5, 0.6) is 6.01 Å². The van der Waals surface area contributed by atoms with Gasteiger partial charge in [-0.2, -0.15) is 4.98 Å². The molecule has 3 aromatic rings. The zero-order valence-corrected chi connectivity index (χ0v) is 15.9. The van der Waals surface area contributed by atoms with E-state index >= 15 is 0 Å². The number of benzene rings is 2. The Bertz CT molecular complexity index is 860. The molecule has 6 nitrogen and oxygen atoms in total. The van der Waals surface area contributed by atoms with Gasteiger partial charge in [0.2, 0.25) is 0 Å². The predicted molar refractivity (Wildman–Crippen MR) is 104 cm³/mol. The largest absolute Gasteiger partial charge is 0.462 e. The zero-order valence-electron chi connectivity index (χ0n) is 15.9. The summed E-state index contributed by atoms with van der Waals surface area (Å²) in [7, 11) is 0. The van der Waals surface area contributed by atoms with Crippen molar-refractivity contribution >= 4 is 0 Å². The van der Waals surface area contributed by atoms with Gasteiger partial charge in [0.1, 0.15) is 11.6 Å². The molecule has 152 valence electrons. The topological polar surface area (TPSA) is 52.4 Å². The fourth-order valence-corrected chi connectivity index (χ4v) is 3.18. The summed E-state index contributed by atoms with van der Waals surface area (Å²) in [5.74, 6) is -0.169. The highest BCUT2D eigenvalue weighted by Crippen LogP contribution is 2.24. The van der Waals surface area contributed by atoms with Crippen molar-refractivity contribution in [3.8, 4) is 23.1 Å². The quantitative estimate of drug-likeness (QED) is 0.570. The second-order valence-corrected chi connectivity index (χ2v) is 6.77. The van der Waals surface area contributed by atoms with E-state index in [1.165, 1.54) is 24.3 Å². The van der Waals surface area contributed by atoms with Crippen molar-refractivity contribution in [2.75, 3.05) is 39.5 Å². The standard InChI is InChI=1S/C21H22F2N4O2/c22-17-4-2-16(3-5-17)20-24-21(25-27(20)19-8-6-18(23)7-9-19)29-13-1-10-26-11-14-28-15-12-26/h2-9H,1,10-15H2. The summed E-state index contributed by atoms with van der Waals surface area (Å²) in [4.78, 5) is 6.81. The molecular formula is C21H22F2N4O2. The van der Waals surface area contributed by atoms with Crippen LogP contribution in [0.4, 0.5) is 8.78 Å². The number of aromatic nitrogens is 3. The van der Waals surface area contributed by atoms with Gasteiger partial charge in [0.25, 0.3) is 0 Å². The number of halogens is 2. The van der Waals surface area contributed by atoms with Crippen LogP contribution in [0.1, 0.15) is 6.42 Å². The van der Waals surface area contributed by atoms with Crippen LogP contribution in [0.2, 0.25) is 0 Å². The minimum Gasteiger partial charge on any atom is -0.462 e. The van der Waals surface area contributed by atoms with Crippen LogP contribution < -0.4 is 4.74 Å². The Kier molecular flexibility index (Phi) is 6.12. The molecule has 0 radical (unpaired) electrons. The van der Waals surface area contributed by atoms with Gasteiger partial charge in [-0.05, 0) is 55.0 Å². The molecule has 0 saturated carbocycles. The monoisotopic (exact) mass is 400 g/mol. The zero-order chi connectivity index (χ0) is 20.1. The summed E-state index contributed by atoms with van der Waals surface area (Å²) in [6, 6.07) is 12.1. The maximum absolute atomic E-state index is 13.3. The summed E-state index contributed by atoms with van der Waals surface area (Å²) in [5, 5.41) is 4.43. The van der Waals surface area contributed by atoms with Crippen molar-refractivity contribution in [2.24, 2.45) is 0 Å². The molecule has 1 aromatic heterocycles. The molecule has 8 heteroatoms. The van der Waals surface area contributed by atoms with Crippen LogP contribution in [-0.4, -0.2) is 59.1 Å². The number of hydrogen-bond donors (Lipinski definition) is 0. The van der Waals surface area contributed by atoms with Gasteiger partial charge in [-0.1, -0.05) is 0 Å². The van der Waals surface area contributed by atoms with Gasteiger partial charge in [-0.3, -0.25) is 4.90 Å². The molecule has 0 bridgehead atoms. The van der Waals surface area contributed by atoms with E-state index in [1.54, 1.807) is 28.9 Å². The van der Waals surface area contributed by atoms with E-state index in [2.05, 4.69) is 15.0 Å². The number of rotatable bonds is 7. The summed E-state index contributed by atoms with van der Waals surface area (Å²) in [6.45, 7) is 4.82. The van der Waals surface area contributed by atoms with Crippen molar-refractivity contribution in [1.82, 2.24) is 19.7 Å². The first-order valence-corrected chi connectivity index (χ1v) is 9.61. The third-order valence-electron chi connectivity index (χ3n) is 4.71. The average Bonchev–Trinajstić information content (AvgIpc) is 3.17.